The molecule has 19 heavy (non-hydrogen) atoms. The van der Waals surface area contributed by atoms with Gasteiger partial charge in [-0.1, -0.05) is 13.3 Å². The van der Waals surface area contributed by atoms with Gasteiger partial charge in [0.15, 0.2) is 0 Å². The van der Waals surface area contributed by atoms with Gasteiger partial charge in [-0.2, -0.15) is 0 Å². The summed E-state index contributed by atoms with van der Waals surface area (Å²) in [7, 11) is 0. The number of aryl methyl sites for hydroxylation is 1. The fourth-order valence-corrected chi connectivity index (χ4v) is 2.43. The summed E-state index contributed by atoms with van der Waals surface area (Å²) in [6, 6.07) is 2.09. The quantitative estimate of drug-likeness (QED) is 0.819. The molecule has 1 heterocycles. The molecule has 1 aliphatic carbocycles. The SMILES string of the molecule is CCCNc1cc(N(CC)CC2CCC2)nc(C)n1. The standard InChI is InChI=1S/C15H26N4/c1-4-9-16-14-10-15(18-12(3)17-14)19(5-2)11-13-7-6-8-13/h10,13H,4-9,11H2,1-3H3,(H,16,17,18). The zero-order valence-corrected chi connectivity index (χ0v) is 12.4. The molecule has 0 amide bonds. The second kappa shape index (κ2) is 6.73. The molecule has 4 heteroatoms. The second-order valence-electron chi connectivity index (χ2n) is 5.42. The number of anilines is 2. The van der Waals surface area contributed by atoms with E-state index in [0.717, 1.165) is 49.4 Å². The van der Waals surface area contributed by atoms with Crippen molar-refractivity contribution in [1.82, 2.24) is 9.97 Å². The van der Waals surface area contributed by atoms with Gasteiger partial charge in [0.05, 0.1) is 0 Å². The molecule has 0 bridgehead atoms. The van der Waals surface area contributed by atoms with Gasteiger partial charge in [0.1, 0.15) is 17.5 Å². The van der Waals surface area contributed by atoms with Crippen LogP contribution in [0.1, 0.15) is 45.4 Å². The Bertz CT molecular complexity index is 401. The summed E-state index contributed by atoms with van der Waals surface area (Å²) >= 11 is 0. The van der Waals surface area contributed by atoms with Crippen molar-refractivity contribution in [2.24, 2.45) is 5.92 Å². The number of nitrogens with zero attached hydrogens (tertiary/aromatic N) is 3. The first-order valence-electron chi connectivity index (χ1n) is 7.57. The molecule has 0 atom stereocenters. The molecule has 2 rings (SSSR count). The summed E-state index contributed by atoms with van der Waals surface area (Å²) in [6.45, 7) is 9.45. The van der Waals surface area contributed by atoms with E-state index in [-0.39, 0.29) is 0 Å². The van der Waals surface area contributed by atoms with E-state index < -0.39 is 0 Å². The highest BCUT2D eigenvalue weighted by Gasteiger charge is 2.21. The number of aromatic nitrogens is 2. The van der Waals surface area contributed by atoms with E-state index in [9.17, 15) is 0 Å². The molecular formula is C15H26N4. The predicted octanol–water partition coefficient (Wildman–Crippen LogP) is 3.23. The van der Waals surface area contributed by atoms with Crippen LogP contribution in [-0.4, -0.2) is 29.6 Å². The summed E-state index contributed by atoms with van der Waals surface area (Å²) in [5, 5.41) is 3.36. The van der Waals surface area contributed by atoms with Gasteiger partial charge in [-0.15, -0.1) is 0 Å². The van der Waals surface area contributed by atoms with E-state index in [1.165, 1.54) is 19.3 Å². The van der Waals surface area contributed by atoms with E-state index in [1.54, 1.807) is 0 Å². The Morgan fingerprint density at radius 3 is 2.68 bits per heavy atom. The molecule has 1 aliphatic rings. The van der Waals surface area contributed by atoms with Crippen molar-refractivity contribution < 1.29 is 0 Å². The molecule has 0 radical (unpaired) electrons. The lowest BCUT2D eigenvalue weighted by Crippen LogP contribution is -2.33. The van der Waals surface area contributed by atoms with Crippen LogP contribution in [0, 0.1) is 12.8 Å². The van der Waals surface area contributed by atoms with Crippen molar-refractivity contribution >= 4 is 11.6 Å². The topological polar surface area (TPSA) is 41.0 Å². The number of nitrogens with one attached hydrogen (secondary N) is 1. The molecule has 1 saturated carbocycles. The molecule has 4 nitrogen and oxygen atoms in total. The first-order valence-corrected chi connectivity index (χ1v) is 7.57. The van der Waals surface area contributed by atoms with Crippen molar-refractivity contribution in [1.29, 1.82) is 0 Å². The summed E-state index contributed by atoms with van der Waals surface area (Å²) in [4.78, 5) is 11.4. The molecule has 1 aromatic rings. The highest BCUT2D eigenvalue weighted by molar-refractivity contribution is 5.49. The van der Waals surface area contributed by atoms with E-state index >= 15 is 0 Å². The average Bonchev–Trinajstić information content (AvgIpc) is 2.34. The van der Waals surface area contributed by atoms with Crippen molar-refractivity contribution in [3.8, 4) is 0 Å². The Hall–Kier alpha value is -1.32. The minimum Gasteiger partial charge on any atom is -0.370 e. The zero-order valence-electron chi connectivity index (χ0n) is 12.4. The molecule has 0 aromatic carbocycles. The van der Waals surface area contributed by atoms with E-state index in [2.05, 4.69) is 40.1 Å². The molecule has 106 valence electrons. The molecule has 1 fully saturated rings. The minimum atomic E-state index is 0.850. The highest BCUT2D eigenvalue weighted by Crippen LogP contribution is 2.28. The van der Waals surface area contributed by atoms with Crippen LogP contribution in [-0.2, 0) is 0 Å². The third-order valence-corrected chi connectivity index (χ3v) is 3.79. The van der Waals surface area contributed by atoms with E-state index in [1.807, 2.05) is 6.92 Å². The first kappa shape index (κ1) is 14.1. The maximum absolute atomic E-state index is 4.60. The van der Waals surface area contributed by atoms with Gasteiger partial charge in [-0.3, -0.25) is 0 Å². The van der Waals surface area contributed by atoms with Gasteiger partial charge in [-0.05, 0) is 39.0 Å². The Morgan fingerprint density at radius 2 is 2.11 bits per heavy atom. The van der Waals surface area contributed by atoms with Crippen molar-refractivity contribution in [2.45, 2.75) is 46.5 Å². The van der Waals surface area contributed by atoms with Crippen molar-refractivity contribution in [2.75, 3.05) is 29.9 Å². The number of rotatable bonds is 7. The van der Waals surface area contributed by atoms with Gasteiger partial charge in [-0.25, -0.2) is 9.97 Å². The summed E-state index contributed by atoms with van der Waals surface area (Å²) in [5.74, 6) is 3.74. The van der Waals surface area contributed by atoms with Crippen LogP contribution in [0.3, 0.4) is 0 Å². The fourth-order valence-electron chi connectivity index (χ4n) is 2.43. The van der Waals surface area contributed by atoms with Crippen LogP contribution in [0.15, 0.2) is 6.07 Å². The van der Waals surface area contributed by atoms with Gasteiger partial charge in [0.25, 0.3) is 0 Å². The first-order chi connectivity index (χ1) is 9.22. The summed E-state index contributed by atoms with van der Waals surface area (Å²) < 4.78 is 0. The zero-order chi connectivity index (χ0) is 13.7. The van der Waals surface area contributed by atoms with Crippen LogP contribution < -0.4 is 10.2 Å². The minimum absolute atomic E-state index is 0.850. The maximum Gasteiger partial charge on any atom is 0.134 e. The molecule has 0 aliphatic heterocycles. The Kier molecular flexibility index (Phi) is 5.00. The molecule has 1 N–H and O–H groups in total. The lowest BCUT2D eigenvalue weighted by atomic mass is 9.85. The van der Waals surface area contributed by atoms with Crippen LogP contribution in [0.4, 0.5) is 11.6 Å². The Morgan fingerprint density at radius 1 is 1.32 bits per heavy atom. The maximum atomic E-state index is 4.60. The predicted molar refractivity (Wildman–Crippen MR) is 80.8 cm³/mol. The van der Waals surface area contributed by atoms with Crippen LogP contribution >= 0.6 is 0 Å². The summed E-state index contributed by atoms with van der Waals surface area (Å²) in [6.07, 6.45) is 5.26. The third-order valence-electron chi connectivity index (χ3n) is 3.79. The molecule has 1 aromatic heterocycles. The van der Waals surface area contributed by atoms with Gasteiger partial charge in [0.2, 0.25) is 0 Å². The highest BCUT2D eigenvalue weighted by atomic mass is 15.2. The van der Waals surface area contributed by atoms with Crippen LogP contribution in [0.5, 0.6) is 0 Å². The van der Waals surface area contributed by atoms with Gasteiger partial charge in [0, 0.05) is 25.7 Å². The summed E-state index contributed by atoms with van der Waals surface area (Å²) in [5.41, 5.74) is 0. The Balaban J connectivity index is 2.08. The van der Waals surface area contributed by atoms with Gasteiger partial charge >= 0.3 is 0 Å². The lowest BCUT2D eigenvalue weighted by Gasteiger charge is -2.32. The smallest absolute Gasteiger partial charge is 0.134 e. The lowest BCUT2D eigenvalue weighted by molar-refractivity contribution is 0.318. The average molecular weight is 262 g/mol. The van der Waals surface area contributed by atoms with Gasteiger partial charge < -0.3 is 10.2 Å². The molecule has 0 unspecified atom stereocenters. The van der Waals surface area contributed by atoms with Crippen molar-refractivity contribution in [3.05, 3.63) is 11.9 Å². The van der Waals surface area contributed by atoms with Crippen LogP contribution in [0.2, 0.25) is 0 Å². The third kappa shape index (κ3) is 3.82. The monoisotopic (exact) mass is 262 g/mol. The molecule has 0 spiro atoms. The second-order valence-corrected chi connectivity index (χ2v) is 5.42. The largest absolute Gasteiger partial charge is 0.370 e. The normalized spacial score (nSPS) is 15.1. The van der Waals surface area contributed by atoms with Crippen LogP contribution in [0.25, 0.3) is 0 Å². The number of hydrogen-bond donors (Lipinski definition) is 1. The Labute approximate surface area is 116 Å². The molecular weight excluding hydrogens is 236 g/mol. The number of hydrogen-bond acceptors (Lipinski definition) is 4. The van der Waals surface area contributed by atoms with Crippen molar-refractivity contribution in [3.63, 3.8) is 0 Å². The van der Waals surface area contributed by atoms with E-state index in [4.69, 9.17) is 0 Å². The fraction of sp³-hybridized carbons (Fsp3) is 0.733. The molecule has 0 saturated heterocycles. The van der Waals surface area contributed by atoms with E-state index in [0.29, 0.717) is 0 Å².